The van der Waals surface area contributed by atoms with E-state index in [0.717, 1.165) is 11.0 Å². The van der Waals surface area contributed by atoms with Crippen molar-refractivity contribution in [3.05, 3.63) is 28.2 Å². The number of cyclic esters (lactones) is 2. The Labute approximate surface area is 114 Å². The van der Waals surface area contributed by atoms with Crippen molar-refractivity contribution < 1.29 is 27.5 Å². The Morgan fingerprint density at radius 1 is 1.16 bits per heavy atom. The molecule has 1 aromatic carbocycles. The first-order valence-corrected chi connectivity index (χ1v) is 5.92. The number of alkyl halides is 3. The van der Waals surface area contributed by atoms with Crippen LogP contribution in [0.3, 0.4) is 0 Å². The maximum absolute atomic E-state index is 12.9. The molecule has 1 aliphatic rings. The van der Waals surface area contributed by atoms with Gasteiger partial charge in [0.2, 0.25) is 0 Å². The minimum Gasteiger partial charge on any atom is -0.390 e. The summed E-state index contributed by atoms with van der Waals surface area (Å²) in [7, 11) is 0. The highest BCUT2D eigenvalue weighted by molar-refractivity contribution is 9.10. The molecule has 1 heterocycles. The molecule has 2 rings (SSSR count). The van der Waals surface area contributed by atoms with E-state index in [1.165, 1.54) is 12.1 Å². The first-order valence-electron chi connectivity index (χ1n) is 5.12. The summed E-state index contributed by atoms with van der Waals surface area (Å²) in [6.45, 7) is -0.785. The third-order valence-electron chi connectivity index (χ3n) is 2.47. The van der Waals surface area contributed by atoms with Crippen LogP contribution in [0.15, 0.2) is 22.7 Å². The maximum atomic E-state index is 12.9. The molecule has 0 N–H and O–H groups in total. The topological polar surface area (TPSA) is 46.6 Å². The van der Waals surface area contributed by atoms with Crippen molar-refractivity contribution in [1.29, 1.82) is 0 Å². The van der Waals surface area contributed by atoms with E-state index in [0.29, 0.717) is 0 Å². The second-order valence-electron chi connectivity index (χ2n) is 3.86. The zero-order valence-corrected chi connectivity index (χ0v) is 10.9. The summed E-state index contributed by atoms with van der Waals surface area (Å²) in [6, 6.07) is 3.52. The van der Waals surface area contributed by atoms with Gasteiger partial charge in [-0.2, -0.15) is 13.2 Å². The molecule has 0 radical (unpaired) electrons. The van der Waals surface area contributed by atoms with Gasteiger partial charge in [-0.15, -0.1) is 0 Å². The Bertz CT molecular complexity index is 528. The summed E-state index contributed by atoms with van der Waals surface area (Å²) in [5.74, 6) is -1.74. The van der Waals surface area contributed by atoms with Gasteiger partial charge >= 0.3 is 18.1 Å². The van der Waals surface area contributed by atoms with E-state index >= 15 is 0 Å². The number of carbonyl (C=O) groups is 2. The van der Waals surface area contributed by atoms with Crippen LogP contribution in [0.2, 0.25) is 0 Å². The van der Waals surface area contributed by atoms with Gasteiger partial charge in [-0.05, 0) is 18.2 Å². The van der Waals surface area contributed by atoms with Crippen LogP contribution in [0.4, 0.5) is 18.9 Å². The number of halogens is 4. The summed E-state index contributed by atoms with van der Waals surface area (Å²) in [5, 5.41) is 0. The molecule has 1 aromatic rings. The lowest BCUT2D eigenvalue weighted by Crippen LogP contribution is -2.43. The quantitative estimate of drug-likeness (QED) is 0.583. The number of rotatable bonds is 1. The predicted molar refractivity (Wildman–Crippen MR) is 62.5 cm³/mol. The molecule has 0 saturated carbocycles. The molecule has 0 bridgehead atoms. The molecule has 0 aromatic heterocycles. The second-order valence-corrected chi connectivity index (χ2v) is 4.78. The Balaban J connectivity index is 2.44. The van der Waals surface area contributed by atoms with E-state index in [4.69, 9.17) is 0 Å². The first-order chi connectivity index (χ1) is 8.77. The van der Waals surface area contributed by atoms with Gasteiger partial charge in [0.1, 0.15) is 13.1 Å². The minimum atomic E-state index is -4.58. The Hall–Kier alpha value is -1.57. The number of hydrogen-bond acceptors (Lipinski definition) is 4. The Morgan fingerprint density at radius 2 is 1.74 bits per heavy atom. The molecule has 0 atom stereocenters. The molecule has 1 saturated heterocycles. The van der Waals surface area contributed by atoms with Gasteiger partial charge < -0.3 is 9.64 Å². The van der Waals surface area contributed by atoms with E-state index in [9.17, 15) is 22.8 Å². The molecular weight excluding hydrogens is 331 g/mol. The Kier molecular flexibility index (Phi) is 3.53. The zero-order valence-electron chi connectivity index (χ0n) is 9.33. The fraction of sp³-hybridized carbons (Fsp3) is 0.273. The highest BCUT2D eigenvalue weighted by Crippen LogP contribution is 2.38. The third-order valence-corrected chi connectivity index (χ3v) is 2.97. The minimum absolute atomic E-state index is 0.222. The molecule has 4 nitrogen and oxygen atoms in total. The average molecular weight is 338 g/mol. The molecule has 19 heavy (non-hydrogen) atoms. The van der Waals surface area contributed by atoms with Gasteiger partial charge in [0, 0.05) is 4.47 Å². The Morgan fingerprint density at radius 3 is 2.26 bits per heavy atom. The van der Waals surface area contributed by atoms with Gasteiger partial charge in [0.25, 0.3) is 0 Å². The van der Waals surface area contributed by atoms with E-state index in [-0.39, 0.29) is 10.2 Å². The van der Waals surface area contributed by atoms with E-state index in [1.54, 1.807) is 0 Å². The SMILES string of the molecule is O=C1CN(c2ccc(Br)cc2C(F)(F)F)CC(=O)O1. The maximum Gasteiger partial charge on any atom is 0.418 e. The van der Waals surface area contributed by atoms with Crippen LogP contribution >= 0.6 is 15.9 Å². The lowest BCUT2D eigenvalue weighted by atomic mass is 10.1. The number of esters is 2. The molecule has 8 heteroatoms. The summed E-state index contributed by atoms with van der Waals surface area (Å²) < 4.78 is 43.3. The van der Waals surface area contributed by atoms with Gasteiger partial charge in [-0.1, -0.05) is 15.9 Å². The molecule has 0 amide bonds. The molecule has 0 unspecified atom stereocenters. The molecular formula is C11H7BrF3NO3. The molecule has 102 valence electrons. The van der Waals surface area contributed by atoms with Crippen LogP contribution in [0.1, 0.15) is 5.56 Å². The molecule has 1 fully saturated rings. The van der Waals surface area contributed by atoms with Gasteiger partial charge in [-0.3, -0.25) is 0 Å². The summed E-state index contributed by atoms with van der Waals surface area (Å²) in [6.07, 6.45) is -4.58. The lowest BCUT2D eigenvalue weighted by molar-refractivity contribution is -0.160. The fourth-order valence-corrected chi connectivity index (χ4v) is 2.10. The van der Waals surface area contributed by atoms with Crippen LogP contribution in [-0.2, 0) is 20.5 Å². The number of ether oxygens (including phenoxy) is 1. The standard InChI is InChI=1S/C11H7BrF3NO3/c12-6-1-2-8(7(3-6)11(13,14)15)16-4-9(17)19-10(18)5-16/h1-3H,4-5H2. The van der Waals surface area contributed by atoms with Crippen LogP contribution in [0.5, 0.6) is 0 Å². The second kappa shape index (κ2) is 4.84. The smallest absolute Gasteiger partial charge is 0.390 e. The van der Waals surface area contributed by atoms with Crippen molar-refractivity contribution in [2.24, 2.45) is 0 Å². The summed E-state index contributed by atoms with van der Waals surface area (Å²) in [4.78, 5) is 23.3. The number of morpholine rings is 1. The van der Waals surface area contributed by atoms with Crippen LogP contribution in [0, 0.1) is 0 Å². The van der Waals surface area contributed by atoms with Gasteiger partial charge in [0.15, 0.2) is 0 Å². The number of hydrogen-bond donors (Lipinski definition) is 0. The number of nitrogens with zero attached hydrogens (tertiary/aromatic N) is 1. The van der Waals surface area contributed by atoms with Crippen LogP contribution in [-0.4, -0.2) is 25.0 Å². The number of anilines is 1. The molecule has 1 aliphatic heterocycles. The zero-order chi connectivity index (χ0) is 14.2. The van der Waals surface area contributed by atoms with Crippen molar-refractivity contribution in [3.8, 4) is 0 Å². The van der Waals surface area contributed by atoms with Gasteiger partial charge in [0.05, 0.1) is 11.3 Å². The summed E-state index contributed by atoms with van der Waals surface area (Å²) in [5.41, 5.74) is -1.13. The van der Waals surface area contributed by atoms with Crippen LogP contribution < -0.4 is 4.90 Å². The molecule has 0 aliphatic carbocycles. The van der Waals surface area contributed by atoms with Crippen LogP contribution in [0.25, 0.3) is 0 Å². The lowest BCUT2D eigenvalue weighted by Gasteiger charge is -2.28. The van der Waals surface area contributed by atoms with E-state index < -0.39 is 36.8 Å². The number of benzene rings is 1. The highest BCUT2D eigenvalue weighted by Gasteiger charge is 2.37. The molecule has 0 spiro atoms. The van der Waals surface area contributed by atoms with Crippen molar-refractivity contribution in [2.45, 2.75) is 6.18 Å². The third kappa shape index (κ3) is 3.06. The largest absolute Gasteiger partial charge is 0.418 e. The monoisotopic (exact) mass is 337 g/mol. The van der Waals surface area contributed by atoms with E-state index in [2.05, 4.69) is 20.7 Å². The van der Waals surface area contributed by atoms with E-state index in [1.807, 2.05) is 0 Å². The summed E-state index contributed by atoms with van der Waals surface area (Å²) >= 11 is 2.96. The van der Waals surface area contributed by atoms with Crippen molar-refractivity contribution in [3.63, 3.8) is 0 Å². The van der Waals surface area contributed by atoms with Crippen molar-refractivity contribution in [1.82, 2.24) is 0 Å². The normalized spacial score (nSPS) is 16.5. The first kappa shape index (κ1) is 13.9. The predicted octanol–water partition coefficient (Wildman–Crippen LogP) is 2.36. The van der Waals surface area contributed by atoms with Crippen molar-refractivity contribution in [2.75, 3.05) is 18.0 Å². The average Bonchev–Trinajstić information content (AvgIpc) is 2.26. The van der Waals surface area contributed by atoms with Gasteiger partial charge in [-0.25, -0.2) is 9.59 Å². The fourth-order valence-electron chi connectivity index (χ4n) is 1.74. The number of carbonyl (C=O) groups excluding carboxylic acids is 2. The highest BCUT2D eigenvalue weighted by atomic mass is 79.9. The van der Waals surface area contributed by atoms with Crippen molar-refractivity contribution >= 4 is 33.6 Å².